The Morgan fingerprint density at radius 1 is 1.17 bits per heavy atom. The molecule has 1 aromatic carbocycles. The average Bonchev–Trinajstić information content (AvgIpc) is 2.75. The lowest BCUT2D eigenvalue weighted by molar-refractivity contribution is 0.0900. The molecule has 100 valence electrons. The minimum Gasteiger partial charge on any atom is -0.491 e. The molecule has 0 spiro atoms. The standard InChI is InChI=1S/C16H24O2/c1-11(2)18-14-9-7-13(8-10-14)16(17)15-6-4-5-12(15)3/h7-12,15-17H,4-6H2,1-3H3. The number of aliphatic hydroxyl groups excluding tert-OH is 1. The van der Waals surface area contributed by atoms with E-state index >= 15 is 0 Å². The maximum absolute atomic E-state index is 10.4. The van der Waals surface area contributed by atoms with Crippen molar-refractivity contribution in [2.45, 2.75) is 52.2 Å². The fraction of sp³-hybridized carbons (Fsp3) is 0.625. The van der Waals surface area contributed by atoms with Crippen molar-refractivity contribution in [3.63, 3.8) is 0 Å². The van der Waals surface area contributed by atoms with Crippen molar-refractivity contribution in [3.8, 4) is 5.75 Å². The zero-order valence-corrected chi connectivity index (χ0v) is 11.6. The van der Waals surface area contributed by atoms with Crippen molar-refractivity contribution in [1.29, 1.82) is 0 Å². The van der Waals surface area contributed by atoms with Crippen LogP contribution in [-0.2, 0) is 0 Å². The molecule has 1 aromatic rings. The van der Waals surface area contributed by atoms with Gasteiger partial charge in [0.1, 0.15) is 5.75 Å². The second kappa shape index (κ2) is 5.75. The van der Waals surface area contributed by atoms with Gasteiger partial charge in [-0.25, -0.2) is 0 Å². The Hall–Kier alpha value is -1.02. The molecule has 3 atom stereocenters. The highest BCUT2D eigenvalue weighted by Crippen LogP contribution is 2.40. The van der Waals surface area contributed by atoms with Crippen molar-refractivity contribution in [1.82, 2.24) is 0 Å². The van der Waals surface area contributed by atoms with Gasteiger partial charge in [-0.05, 0) is 49.8 Å². The number of rotatable bonds is 4. The van der Waals surface area contributed by atoms with Gasteiger partial charge in [-0.3, -0.25) is 0 Å². The maximum Gasteiger partial charge on any atom is 0.119 e. The summed E-state index contributed by atoms with van der Waals surface area (Å²) in [6.45, 7) is 6.28. The third-order valence-corrected chi connectivity index (χ3v) is 3.93. The topological polar surface area (TPSA) is 29.5 Å². The Kier molecular flexibility index (Phi) is 4.28. The van der Waals surface area contributed by atoms with Crippen LogP contribution in [0.4, 0.5) is 0 Å². The van der Waals surface area contributed by atoms with E-state index in [2.05, 4.69) is 6.92 Å². The summed E-state index contributed by atoms with van der Waals surface area (Å²) >= 11 is 0. The van der Waals surface area contributed by atoms with Crippen molar-refractivity contribution < 1.29 is 9.84 Å². The number of ether oxygens (including phenoxy) is 1. The SMILES string of the molecule is CC(C)Oc1ccc(C(O)C2CCCC2C)cc1. The first-order chi connectivity index (χ1) is 8.58. The molecule has 1 fully saturated rings. The predicted molar refractivity (Wildman–Crippen MR) is 73.7 cm³/mol. The molecular weight excluding hydrogens is 224 g/mol. The summed E-state index contributed by atoms with van der Waals surface area (Å²) in [6.07, 6.45) is 3.51. The first kappa shape index (κ1) is 13.4. The predicted octanol–water partition coefficient (Wildman–Crippen LogP) is 3.94. The molecule has 0 aromatic heterocycles. The van der Waals surface area contributed by atoms with Crippen LogP contribution in [0.5, 0.6) is 5.75 Å². The van der Waals surface area contributed by atoms with Gasteiger partial charge in [-0.2, -0.15) is 0 Å². The van der Waals surface area contributed by atoms with Crippen LogP contribution in [0, 0.1) is 11.8 Å². The lowest BCUT2D eigenvalue weighted by atomic mass is 9.88. The highest BCUT2D eigenvalue weighted by molar-refractivity contribution is 5.29. The summed E-state index contributed by atoms with van der Waals surface area (Å²) in [4.78, 5) is 0. The molecule has 1 N–H and O–H groups in total. The second-order valence-corrected chi connectivity index (χ2v) is 5.75. The molecule has 2 heteroatoms. The molecule has 1 saturated carbocycles. The lowest BCUT2D eigenvalue weighted by Crippen LogP contribution is -2.15. The van der Waals surface area contributed by atoms with Crippen molar-refractivity contribution in [3.05, 3.63) is 29.8 Å². The van der Waals surface area contributed by atoms with Crippen LogP contribution < -0.4 is 4.74 Å². The fourth-order valence-corrected chi connectivity index (χ4v) is 2.91. The van der Waals surface area contributed by atoms with Gasteiger partial charge in [0.05, 0.1) is 12.2 Å². The lowest BCUT2D eigenvalue weighted by Gasteiger charge is -2.22. The van der Waals surface area contributed by atoms with E-state index in [-0.39, 0.29) is 12.2 Å². The molecule has 3 unspecified atom stereocenters. The molecule has 0 aliphatic heterocycles. The summed E-state index contributed by atoms with van der Waals surface area (Å²) in [6, 6.07) is 7.90. The minimum absolute atomic E-state index is 0.190. The molecule has 0 heterocycles. The van der Waals surface area contributed by atoms with Crippen LogP contribution in [0.15, 0.2) is 24.3 Å². The molecule has 2 nitrogen and oxygen atoms in total. The maximum atomic E-state index is 10.4. The molecular formula is C16H24O2. The van der Waals surface area contributed by atoms with Crippen LogP contribution in [0.25, 0.3) is 0 Å². The smallest absolute Gasteiger partial charge is 0.119 e. The van der Waals surface area contributed by atoms with Gasteiger partial charge < -0.3 is 9.84 Å². The van der Waals surface area contributed by atoms with Crippen LogP contribution in [0.2, 0.25) is 0 Å². The summed E-state index contributed by atoms with van der Waals surface area (Å²) in [5, 5.41) is 10.4. The van der Waals surface area contributed by atoms with E-state index in [0.717, 1.165) is 17.7 Å². The van der Waals surface area contributed by atoms with Gasteiger partial charge >= 0.3 is 0 Å². The van der Waals surface area contributed by atoms with Crippen molar-refractivity contribution >= 4 is 0 Å². The third kappa shape index (κ3) is 3.05. The van der Waals surface area contributed by atoms with Crippen LogP contribution in [-0.4, -0.2) is 11.2 Å². The molecule has 0 bridgehead atoms. The fourth-order valence-electron chi connectivity index (χ4n) is 2.91. The summed E-state index contributed by atoms with van der Waals surface area (Å²) in [5.74, 6) is 1.92. The first-order valence-corrected chi connectivity index (χ1v) is 7.02. The van der Waals surface area contributed by atoms with Crippen LogP contribution >= 0.6 is 0 Å². The van der Waals surface area contributed by atoms with E-state index < -0.39 is 0 Å². The molecule has 0 amide bonds. The number of benzene rings is 1. The third-order valence-electron chi connectivity index (χ3n) is 3.93. The molecule has 2 rings (SSSR count). The van der Waals surface area contributed by atoms with Gasteiger partial charge in [0.2, 0.25) is 0 Å². The Labute approximate surface area is 110 Å². The number of aliphatic hydroxyl groups is 1. The van der Waals surface area contributed by atoms with Crippen molar-refractivity contribution in [2.24, 2.45) is 11.8 Å². The number of hydrogen-bond acceptors (Lipinski definition) is 2. The zero-order valence-electron chi connectivity index (χ0n) is 11.6. The Morgan fingerprint density at radius 2 is 1.83 bits per heavy atom. The van der Waals surface area contributed by atoms with E-state index in [1.54, 1.807) is 0 Å². The van der Waals surface area contributed by atoms with E-state index in [4.69, 9.17) is 4.74 Å². The number of hydrogen-bond donors (Lipinski definition) is 1. The normalized spacial score (nSPS) is 25.4. The Balaban J connectivity index is 2.04. The first-order valence-electron chi connectivity index (χ1n) is 7.02. The highest BCUT2D eigenvalue weighted by Gasteiger charge is 2.30. The minimum atomic E-state index is -0.324. The van der Waals surface area contributed by atoms with Gasteiger partial charge in [0.25, 0.3) is 0 Å². The van der Waals surface area contributed by atoms with Crippen LogP contribution in [0.3, 0.4) is 0 Å². The Morgan fingerprint density at radius 3 is 2.33 bits per heavy atom. The summed E-state index contributed by atoms with van der Waals surface area (Å²) in [7, 11) is 0. The average molecular weight is 248 g/mol. The zero-order chi connectivity index (χ0) is 13.1. The van der Waals surface area contributed by atoms with Gasteiger partial charge in [-0.1, -0.05) is 31.9 Å². The van der Waals surface area contributed by atoms with Gasteiger partial charge in [0, 0.05) is 0 Å². The second-order valence-electron chi connectivity index (χ2n) is 5.75. The molecule has 0 saturated heterocycles. The van der Waals surface area contributed by atoms with E-state index in [1.165, 1.54) is 12.8 Å². The summed E-state index contributed by atoms with van der Waals surface area (Å²) < 4.78 is 5.61. The Bertz CT molecular complexity index is 369. The van der Waals surface area contributed by atoms with E-state index in [9.17, 15) is 5.11 Å². The quantitative estimate of drug-likeness (QED) is 0.874. The molecule has 1 aliphatic carbocycles. The van der Waals surface area contributed by atoms with Crippen LogP contribution in [0.1, 0.15) is 51.7 Å². The van der Waals surface area contributed by atoms with Gasteiger partial charge in [0.15, 0.2) is 0 Å². The molecule has 18 heavy (non-hydrogen) atoms. The summed E-state index contributed by atoms with van der Waals surface area (Å²) in [5.41, 5.74) is 1.02. The van der Waals surface area contributed by atoms with E-state index in [1.807, 2.05) is 38.1 Å². The van der Waals surface area contributed by atoms with E-state index in [0.29, 0.717) is 11.8 Å². The molecule has 1 aliphatic rings. The van der Waals surface area contributed by atoms with Crippen molar-refractivity contribution in [2.75, 3.05) is 0 Å². The highest BCUT2D eigenvalue weighted by atomic mass is 16.5. The monoisotopic (exact) mass is 248 g/mol. The van der Waals surface area contributed by atoms with Gasteiger partial charge in [-0.15, -0.1) is 0 Å². The molecule has 0 radical (unpaired) electrons. The largest absolute Gasteiger partial charge is 0.491 e.